The molecule has 1 fully saturated rings. The second kappa shape index (κ2) is 28.6. The molecule has 2 heterocycles. The van der Waals surface area contributed by atoms with E-state index in [4.69, 9.17) is 28.7 Å². The Morgan fingerprint density at radius 1 is 0.743 bits per heavy atom. The van der Waals surface area contributed by atoms with E-state index in [1.165, 1.54) is 6.92 Å². The summed E-state index contributed by atoms with van der Waals surface area (Å²) in [5.41, 5.74) is 29.5. The van der Waals surface area contributed by atoms with Gasteiger partial charge in [0.25, 0.3) is 0 Å². The minimum Gasteiger partial charge on any atom is -0.480 e. The number of nitrogens with zero attached hydrogens (tertiary/aromatic N) is 2. The first-order chi connectivity index (χ1) is 35.0. The molecule has 0 unspecified atom stereocenters. The number of aromatic nitrogens is 1. The van der Waals surface area contributed by atoms with Crippen molar-refractivity contribution in [1.29, 1.82) is 0 Å². The molecule has 1 aliphatic heterocycles. The quantitative estimate of drug-likeness (QED) is 0.0283. The number of H-pyrrole nitrogens is 1. The molecule has 1 aromatic heterocycles. The van der Waals surface area contributed by atoms with Gasteiger partial charge in [0.05, 0.1) is 11.2 Å². The van der Waals surface area contributed by atoms with Crippen LogP contribution in [0.4, 0.5) is 0 Å². The van der Waals surface area contributed by atoms with Gasteiger partial charge in [-0.25, -0.2) is 4.79 Å². The molecule has 3 aromatic rings. The lowest BCUT2D eigenvalue weighted by atomic mass is 10.00. The summed E-state index contributed by atoms with van der Waals surface area (Å²) >= 11 is 0. The Kier molecular flexibility index (Phi) is 22.8. The number of fused-ring (bicyclic) bond motifs is 1. The fourth-order valence-corrected chi connectivity index (χ4v) is 10.5. The summed E-state index contributed by atoms with van der Waals surface area (Å²) in [6.45, 7) is 4.47. The van der Waals surface area contributed by atoms with Crippen LogP contribution < -0.4 is 65.9 Å². The van der Waals surface area contributed by atoms with E-state index in [0.29, 0.717) is 11.1 Å². The Labute approximate surface area is 435 Å². The lowest BCUT2D eigenvalue weighted by Gasteiger charge is -2.32. The monoisotopic (exact) mass is 1070 g/mol. The number of para-hydroxylation sites is 1. The number of aliphatic carboxylic acids is 1. The van der Waals surface area contributed by atoms with Gasteiger partial charge in [-0.05, 0) is 63.1 Å². The molecule has 0 saturated carbocycles. The Morgan fingerprint density at radius 3 is 1.95 bits per heavy atom. The highest BCUT2D eigenvalue weighted by molar-refractivity contribution is 8.77. The first-order valence-electron chi connectivity index (χ1n) is 23.6. The number of hydrogen-bond acceptors (Lipinski definition) is 13. The van der Waals surface area contributed by atoms with Crippen molar-refractivity contribution < 1.29 is 48.3 Å². The number of nitrogens with two attached hydrogens (primary N) is 5. The second-order valence-electron chi connectivity index (χ2n) is 18.0. The number of benzene rings is 2. The average Bonchev–Trinajstić information content (AvgIpc) is 3.74. The predicted octanol–water partition coefficient (Wildman–Crippen LogP) is -2.00. The van der Waals surface area contributed by atoms with Crippen LogP contribution in [0.1, 0.15) is 70.4 Å². The summed E-state index contributed by atoms with van der Waals surface area (Å²) in [7, 11) is 2.15. The van der Waals surface area contributed by atoms with E-state index in [9.17, 15) is 48.3 Å². The maximum Gasteiger partial charge on any atom is 0.327 e. The molecule has 0 bridgehead atoms. The normalized spacial score (nSPS) is 21.6. The minimum absolute atomic E-state index is 0.0275. The zero-order valence-electron chi connectivity index (χ0n) is 41.3. The summed E-state index contributed by atoms with van der Waals surface area (Å²) in [6.07, 6.45) is 0.734. The molecule has 402 valence electrons. The number of carbonyl (C=O) groups is 9. The summed E-state index contributed by atoms with van der Waals surface area (Å²) < 4.78 is -1.30. The van der Waals surface area contributed by atoms with Crippen LogP contribution in [-0.4, -0.2) is 141 Å². The van der Waals surface area contributed by atoms with Gasteiger partial charge in [0.2, 0.25) is 47.3 Å². The van der Waals surface area contributed by atoms with E-state index < -0.39 is 107 Å². The first-order valence-corrected chi connectivity index (χ1v) is 26.0. The number of primary amides is 1. The van der Waals surface area contributed by atoms with Crippen LogP contribution in [-0.2, 0) is 56.0 Å². The fourth-order valence-electron chi connectivity index (χ4n) is 7.80. The molecule has 27 heteroatoms. The van der Waals surface area contributed by atoms with E-state index in [1.807, 2.05) is 18.2 Å². The molecular formula is C47H67N15O10S2. The number of aromatic amines is 1. The summed E-state index contributed by atoms with van der Waals surface area (Å²) in [5.74, 6) is -8.76. The van der Waals surface area contributed by atoms with E-state index in [-0.39, 0.29) is 75.7 Å². The molecule has 19 N–H and O–H groups in total. The fraction of sp³-hybridized carbons (Fsp3) is 0.468. The van der Waals surface area contributed by atoms with Gasteiger partial charge >= 0.3 is 5.97 Å². The van der Waals surface area contributed by atoms with Gasteiger partial charge in [-0.2, -0.15) is 0 Å². The van der Waals surface area contributed by atoms with E-state index in [2.05, 4.69) is 52.2 Å². The Bertz CT molecular complexity index is 2540. The standard InChI is InChI=1S/C47H67N15O10S2/c1-25(63)56-30(15-9-18-53-45(49)50)38(65)58-32-17-20-73-74-47(2,3)37(44(71)72)62-43(70)34(22-27-24-55-29-14-8-7-13-28(27)29)60-39(66)31(16-10-19-54-46(51)52)57-41(68)33(21-26-11-5-4-6-12-26)59-42(69)35(23-36(48)64)61-40(32)67/h4-8,11-14,24,30-35,37,55H,9-10,15-23H2,1-3H3,(H2,48,64)(H,56,63)(H,57,68)(H,58,65)(H,59,69)(H,60,66)(H,61,67)(H,62,70)(H,71,72)(H4,49,50,53)(H4,51,52,54)/t30-,31+,32+,33-,34+,35+,37-/m1/s1. The minimum atomic E-state index is -1.72. The summed E-state index contributed by atoms with van der Waals surface area (Å²) in [4.78, 5) is 135. The molecule has 0 aliphatic carbocycles. The van der Waals surface area contributed by atoms with E-state index in [1.54, 1.807) is 56.4 Å². The number of carbonyl (C=O) groups excluding carboxylic acids is 8. The first kappa shape index (κ1) is 59.0. The van der Waals surface area contributed by atoms with Crippen molar-refractivity contribution in [2.45, 2.75) is 119 Å². The Hall–Kier alpha value is -7.55. The van der Waals surface area contributed by atoms with Crippen LogP contribution >= 0.6 is 21.6 Å². The second-order valence-corrected chi connectivity index (χ2v) is 21.0. The molecule has 8 amide bonds. The highest BCUT2D eigenvalue weighted by Crippen LogP contribution is 2.39. The molecule has 4 rings (SSSR count). The largest absolute Gasteiger partial charge is 0.480 e. The third kappa shape index (κ3) is 19.1. The van der Waals surface area contributed by atoms with Crippen molar-refractivity contribution in [3.8, 4) is 0 Å². The number of amides is 8. The van der Waals surface area contributed by atoms with Crippen molar-refractivity contribution >= 4 is 97.6 Å². The summed E-state index contributed by atoms with van der Waals surface area (Å²) in [6, 6.07) is 5.44. The van der Waals surface area contributed by atoms with Crippen molar-refractivity contribution in [2.75, 3.05) is 18.8 Å². The number of carboxylic acids is 1. The van der Waals surface area contributed by atoms with Crippen LogP contribution in [0, 0.1) is 0 Å². The predicted molar refractivity (Wildman–Crippen MR) is 281 cm³/mol. The van der Waals surface area contributed by atoms with Crippen LogP contribution in [0.3, 0.4) is 0 Å². The summed E-state index contributed by atoms with van der Waals surface area (Å²) in [5, 5.41) is 29.7. The van der Waals surface area contributed by atoms with E-state index in [0.717, 1.165) is 32.5 Å². The van der Waals surface area contributed by atoms with Crippen molar-refractivity contribution in [3.05, 3.63) is 71.9 Å². The molecule has 0 radical (unpaired) electrons. The lowest BCUT2D eigenvalue weighted by molar-refractivity contribution is -0.143. The van der Waals surface area contributed by atoms with Gasteiger partial charge in [0.1, 0.15) is 42.3 Å². The molecule has 74 heavy (non-hydrogen) atoms. The van der Waals surface area contributed by atoms with Gasteiger partial charge < -0.3 is 76.0 Å². The molecule has 25 nitrogen and oxygen atoms in total. The van der Waals surface area contributed by atoms with Gasteiger partial charge in [-0.15, -0.1) is 0 Å². The van der Waals surface area contributed by atoms with Crippen LogP contribution in [0.5, 0.6) is 0 Å². The van der Waals surface area contributed by atoms with Crippen LogP contribution in [0.2, 0.25) is 0 Å². The maximum atomic E-state index is 14.6. The Balaban J connectivity index is 1.82. The molecule has 1 saturated heterocycles. The molecule has 2 aromatic carbocycles. The number of carboxylic acid groups (broad SMARTS) is 1. The van der Waals surface area contributed by atoms with Crippen LogP contribution in [0.25, 0.3) is 10.9 Å². The van der Waals surface area contributed by atoms with Gasteiger partial charge in [-0.1, -0.05) is 70.1 Å². The van der Waals surface area contributed by atoms with Gasteiger partial charge in [-0.3, -0.25) is 48.3 Å². The highest BCUT2D eigenvalue weighted by atomic mass is 33.1. The highest BCUT2D eigenvalue weighted by Gasteiger charge is 2.40. The molecule has 1 aliphatic rings. The van der Waals surface area contributed by atoms with Gasteiger partial charge in [0.15, 0.2) is 11.9 Å². The van der Waals surface area contributed by atoms with E-state index >= 15 is 0 Å². The number of hydrogen-bond donors (Lipinski definition) is 14. The third-order valence-corrected chi connectivity index (χ3v) is 14.9. The van der Waals surface area contributed by atoms with Gasteiger partial charge in [0, 0.05) is 55.7 Å². The Morgan fingerprint density at radius 2 is 1.31 bits per heavy atom. The third-order valence-electron chi connectivity index (χ3n) is 11.5. The molecule has 7 atom stereocenters. The smallest absolute Gasteiger partial charge is 0.327 e. The SMILES string of the molecule is CC(=O)N[C@H](CCCN=C(N)N)C(=O)N[C@H]1CCSSC(C)(C)[C@@H](C(=O)O)NC(=O)[C@H](Cc2c[nH]c3ccccc23)NC(=O)[C@H](CCCN=C(N)N)NC(=O)[C@@H](Cc2ccccc2)NC(=O)[C@H](CC(N)=O)NC1=O. The van der Waals surface area contributed by atoms with Crippen LogP contribution in [0.15, 0.2) is 70.8 Å². The lowest BCUT2D eigenvalue weighted by Crippen LogP contribution is -2.61. The molecular weight excluding hydrogens is 999 g/mol. The van der Waals surface area contributed by atoms with Crippen molar-refractivity contribution in [2.24, 2.45) is 38.7 Å². The van der Waals surface area contributed by atoms with Crippen molar-refractivity contribution in [3.63, 3.8) is 0 Å². The maximum absolute atomic E-state index is 14.6. The average molecular weight is 1070 g/mol. The zero-order chi connectivity index (χ0) is 54.5. The number of aliphatic imine (C=N–C) groups is 2. The van der Waals surface area contributed by atoms with Crippen molar-refractivity contribution in [1.82, 2.24) is 42.2 Å². The zero-order valence-corrected chi connectivity index (χ0v) is 42.9. The number of rotatable bonds is 18. The molecule has 0 spiro atoms. The number of guanidine groups is 2. The number of nitrogens with one attached hydrogen (secondary N) is 8. The topological polar surface area (TPSA) is 429 Å².